The van der Waals surface area contributed by atoms with Gasteiger partial charge in [-0.25, -0.2) is 4.39 Å². The molecule has 0 N–H and O–H groups in total. The summed E-state index contributed by atoms with van der Waals surface area (Å²) in [6.07, 6.45) is 0. The zero-order chi connectivity index (χ0) is 10.1. The van der Waals surface area contributed by atoms with Crippen molar-refractivity contribution in [2.75, 3.05) is 0 Å². The zero-order valence-electron chi connectivity index (χ0n) is 7.97. The van der Waals surface area contributed by atoms with Gasteiger partial charge in [0, 0.05) is 0 Å². The van der Waals surface area contributed by atoms with E-state index < -0.39 is 5.82 Å². The van der Waals surface area contributed by atoms with E-state index in [1.807, 2.05) is 20.8 Å². The van der Waals surface area contributed by atoms with Crippen LogP contribution in [0, 0.1) is 10.7 Å². The first-order valence-electron chi connectivity index (χ1n) is 4.08. The topological polar surface area (TPSA) is 29.4 Å². The van der Waals surface area contributed by atoms with E-state index in [1.165, 1.54) is 12.1 Å². The molecular weight excluding hydrogens is 169 g/mol. The number of benzene rings is 1. The minimum Gasteiger partial charge on any atom is -0.204 e. The molecule has 0 atom stereocenters. The molecule has 1 aromatic carbocycles. The van der Waals surface area contributed by atoms with Crippen molar-refractivity contribution >= 4 is 5.69 Å². The first-order chi connectivity index (χ1) is 5.95. The highest BCUT2D eigenvalue weighted by Crippen LogP contribution is 2.27. The smallest absolute Gasteiger partial charge is 0.152 e. The highest BCUT2D eigenvalue weighted by molar-refractivity contribution is 5.43. The van der Waals surface area contributed by atoms with E-state index in [4.69, 9.17) is 0 Å². The monoisotopic (exact) mass is 181 g/mol. The van der Waals surface area contributed by atoms with E-state index in [0.29, 0.717) is 0 Å². The van der Waals surface area contributed by atoms with Gasteiger partial charge >= 0.3 is 0 Å². The van der Waals surface area contributed by atoms with E-state index >= 15 is 0 Å². The van der Waals surface area contributed by atoms with Crippen molar-refractivity contribution in [3.05, 3.63) is 34.5 Å². The normalized spacial score (nSPS) is 11.4. The quantitative estimate of drug-likeness (QED) is 0.609. The lowest BCUT2D eigenvalue weighted by Crippen LogP contribution is -2.10. The zero-order valence-corrected chi connectivity index (χ0v) is 7.97. The molecule has 0 spiro atoms. The van der Waals surface area contributed by atoms with Gasteiger partial charge in [0.1, 0.15) is 5.69 Å². The summed E-state index contributed by atoms with van der Waals surface area (Å²) >= 11 is 0. The molecule has 0 fully saturated rings. The van der Waals surface area contributed by atoms with E-state index in [2.05, 4.69) is 5.18 Å². The fourth-order valence-electron chi connectivity index (χ4n) is 1.05. The van der Waals surface area contributed by atoms with Crippen LogP contribution in [0.2, 0.25) is 0 Å². The predicted molar refractivity (Wildman–Crippen MR) is 50.6 cm³/mol. The maximum Gasteiger partial charge on any atom is 0.152 e. The summed E-state index contributed by atoms with van der Waals surface area (Å²) in [5.74, 6) is -0.567. The third-order valence-electron chi connectivity index (χ3n) is 1.91. The van der Waals surface area contributed by atoms with Crippen LogP contribution in [0.15, 0.2) is 23.4 Å². The molecule has 0 saturated heterocycles. The standard InChI is InChI=1S/C10H12FNO/c1-10(2,3)7-4-5-8(11)9(6-7)12-13/h4-6H,1-3H3. The summed E-state index contributed by atoms with van der Waals surface area (Å²) in [7, 11) is 0. The number of hydrogen-bond donors (Lipinski definition) is 0. The van der Waals surface area contributed by atoms with Crippen molar-refractivity contribution in [1.29, 1.82) is 0 Å². The van der Waals surface area contributed by atoms with Crippen LogP contribution in [-0.2, 0) is 5.41 Å². The van der Waals surface area contributed by atoms with Gasteiger partial charge in [-0.3, -0.25) is 0 Å². The second kappa shape index (κ2) is 3.24. The van der Waals surface area contributed by atoms with Crippen LogP contribution in [-0.4, -0.2) is 0 Å². The second-order valence-corrected chi connectivity index (χ2v) is 4.01. The lowest BCUT2D eigenvalue weighted by Gasteiger charge is -2.18. The lowest BCUT2D eigenvalue weighted by atomic mass is 9.87. The van der Waals surface area contributed by atoms with Crippen molar-refractivity contribution in [3.63, 3.8) is 0 Å². The van der Waals surface area contributed by atoms with Gasteiger partial charge in [-0.05, 0) is 28.3 Å². The Kier molecular flexibility index (Phi) is 2.45. The Morgan fingerprint density at radius 2 is 1.92 bits per heavy atom. The highest BCUT2D eigenvalue weighted by atomic mass is 19.1. The van der Waals surface area contributed by atoms with Crippen LogP contribution in [0.3, 0.4) is 0 Å². The molecule has 0 heterocycles. The van der Waals surface area contributed by atoms with Crippen LogP contribution in [0.4, 0.5) is 10.1 Å². The number of nitrogens with zero attached hydrogens (tertiary/aromatic N) is 1. The summed E-state index contributed by atoms with van der Waals surface area (Å²) in [6.45, 7) is 5.98. The van der Waals surface area contributed by atoms with Gasteiger partial charge < -0.3 is 0 Å². The van der Waals surface area contributed by atoms with Gasteiger partial charge in [0.05, 0.1) is 0 Å². The lowest BCUT2D eigenvalue weighted by molar-refractivity contribution is 0.583. The van der Waals surface area contributed by atoms with Crippen molar-refractivity contribution in [3.8, 4) is 0 Å². The van der Waals surface area contributed by atoms with Gasteiger partial charge in [-0.15, -0.1) is 4.91 Å². The van der Waals surface area contributed by atoms with E-state index in [9.17, 15) is 9.30 Å². The summed E-state index contributed by atoms with van der Waals surface area (Å²) < 4.78 is 12.9. The molecule has 3 heteroatoms. The van der Waals surface area contributed by atoms with Crippen molar-refractivity contribution < 1.29 is 4.39 Å². The van der Waals surface area contributed by atoms with E-state index in [1.54, 1.807) is 6.07 Å². The molecule has 0 aliphatic heterocycles. The Bertz CT molecular complexity index is 328. The third-order valence-corrected chi connectivity index (χ3v) is 1.91. The third kappa shape index (κ3) is 2.11. The molecule has 13 heavy (non-hydrogen) atoms. The van der Waals surface area contributed by atoms with Crippen LogP contribution in [0.5, 0.6) is 0 Å². The average Bonchev–Trinajstić information content (AvgIpc) is 2.03. The van der Waals surface area contributed by atoms with Crippen LogP contribution in [0.25, 0.3) is 0 Å². The van der Waals surface area contributed by atoms with Gasteiger partial charge in [-0.1, -0.05) is 26.8 Å². The molecule has 0 aliphatic carbocycles. The largest absolute Gasteiger partial charge is 0.204 e. The van der Waals surface area contributed by atoms with Crippen molar-refractivity contribution in [2.24, 2.45) is 5.18 Å². The maximum atomic E-state index is 12.9. The minimum atomic E-state index is -0.567. The molecule has 1 rings (SSSR count). The highest BCUT2D eigenvalue weighted by Gasteiger charge is 2.15. The number of rotatable bonds is 1. The molecular formula is C10H12FNO. The van der Waals surface area contributed by atoms with E-state index in [0.717, 1.165) is 5.56 Å². The SMILES string of the molecule is CC(C)(C)c1ccc(F)c(N=O)c1. The summed E-state index contributed by atoms with van der Waals surface area (Å²) in [6, 6.07) is 4.43. The first kappa shape index (κ1) is 9.84. The fraction of sp³-hybridized carbons (Fsp3) is 0.400. The summed E-state index contributed by atoms with van der Waals surface area (Å²) in [5, 5.41) is 2.62. The maximum absolute atomic E-state index is 12.9. The minimum absolute atomic E-state index is 0.0901. The molecule has 70 valence electrons. The number of halogens is 1. The second-order valence-electron chi connectivity index (χ2n) is 4.01. The molecule has 0 unspecified atom stereocenters. The fourth-order valence-corrected chi connectivity index (χ4v) is 1.05. The molecule has 0 radical (unpaired) electrons. The number of nitroso groups, excluding NO2 is 1. The van der Waals surface area contributed by atoms with Crippen molar-refractivity contribution in [1.82, 2.24) is 0 Å². The van der Waals surface area contributed by atoms with E-state index in [-0.39, 0.29) is 11.1 Å². The Morgan fingerprint density at radius 3 is 2.38 bits per heavy atom. The Hall–Kier alpha value is -1.25. The van der Waals surface area contributed by atoms with Gasteiger partial charge in [0.2, 0.25) is 0 Å². The predicted octanol–water partition coefficient (Wildman–Crippen LogP) is 3.52. The van der Waals surface area contributed by atoms with Crippen molar-refractivity contribution in [2.45, 2.75) is 26.2 Å². The molecule has 1 aromatic rings. The Labute approximate surface area is 76.8 Å². The molecule has 0 amide bonds. The molecule has 0 saturated carbocycles. The van der Waals surface area contributed by atoms with Crippen LogP contribution >= 0.6 is 0 Å². The summed E-state index contributed by atoms with van der Waals surface area (Å²) in [5.41, 5.74) is 0.698. The molecule has 0 bridgehead atoms. The molecule has 2 nitrogen and oxygen atoms in total. The van der Waals surface area contributed by atoms with Gasteiger partial charge in [-0.2, -0.15) is 0 Å². The first-order valence-corrected chi connectivity index (χ1v) is 4.08. The van der Waals surface area contributed by atoms with Crippen LogP contribution in [0.1, 0.15) is 26.3 Å². The number of hydrogen-bond acceptors (Lipinski definition) is 2. The molecule has 0 aliphatic rings. The Morgan fingerprint density at radius 1 is 1.31 bits per heavy atom. The van der Waals surface area contributed by atoms with Gasteiger partial charge in [0.15, 0.2) is 5.82 Å². The summed E-state index contributed by atoms with van der Waals surface area (Å²) in [4.78, 5) is 10.2. The Balaban J connectivity index is 3.21. The average molecular weight is 181 g/mol. The van der Waals surface area contributed by atoms with Gasteiger partial charge in [0.25, 0.3) is 0 Å². The van der Waals surface area contributed by atoms with Crippen LogP contribution < -0.4 is 0 Å². The molecule has 0 aromatic heterocycles.